The van der Waals surface area contributed by atoms with Crippen LogP contribution in [0, 0.1) is 41.5 Å². The standard InChI is InChI=1S/C31H34N4O3S/c1-21-7-11-28(12-8-21)34(39(37,38)30-13-9-22(2)10-14-30)20-31(36)33-32-19-27-18-25(5)35(26(27)6)29-16-23(3)15-24(4)17-29/h7-19H,20H2,1-6H3,(H,33,36)/b32-19+. The average molecular weight is 543 g/mol. The van der Waals surface area contributed by atoms with E-state index in [1.54, 1.807) is 42.6 Å². The third kappa shape index (κ3) is 6.29. The number of carbonyl (C=O) groups is 1. The summed E-state index contributed by atoms with van der Waals surface area (Å²) < 4.78 is 30.3. The van der Waals surface area contributed by atoms with Crippen LogP contribution in [0.3, 0.4) is 0 Å². The maximum Gasteiger partial charge on any atom is 0.264 e. The van der Waals surface area contributed by atoms with Crippen molar-refractivity contribution in [3.8, 4) is 5.69 Å². The van der Waals surface area contributed by atoms with E-state index in [1.807, 2.05) is 45.9 Å². The molecule has 202 valence electrons. The van der Waals surface area contributed by atoms with E-state index in [9.17, 15) is 13.2 Å². The van der Waals surface area contributed by atoms with E-state index in [0.29, 0.717) is 5.69 Å². The molecule has 1 N–H and O–H groups in total. The van der Waals surface area contributed by atoms with Crippen LogP contribution >= 0.6 is 0 Å². The van der Waals surface area contributed by atoms with Crippen LogP contribution in [0.1, 0.15) is 39.2 Å². The average Bonchev–Trinajstić information content (AvgIpc) is 3.15. The zero-order chi connectivity index (χ0) is 28.3. The number of nitrogens with zero attached hydrogens (tertiary/aromatic N) is 3. The smallest absolute Gasteiger partial charge is 0.264 e. The molecule has 1 aromatic heterocycles. The summed E-state index contributed by atoms with van der Waals surface area (Å²) in [5.74, 6) is -0.550. The molecule has 0 unspecified atom stereocenters. The predicted molar refractivity (Wildman–Crippen MR) is 157 cm³/mol. The number of aromatic nitrogens is 1. The Kier molecular flexibility index (Phi) is 8.06. The Labute approximate surface area is 230 Å². The number of rotatable bonds is 8. The van der Waals surface area contributed by atoms with Crippen molar-refractivity contribution in [2.24, 2.45) is 5.10 Å². The van der Waals surface area contributed by atoms with E-state index >= 15 is 0 Å². The molecular formula is C31H34N4O3S. The molecule has 39 heavy (non-hydrogen) atoms. The number of hydrazone groups is 1. The number of benzene rings is 3. The molecule has 0 saturated heterocycles. The van der Waals surface area contributed by atoms with Gasteiger partial charge in [0.2, 0.25) is 0 Å². The summed E-state index contributed by atoms with van der Waals surface area (Å²) in [6.07, 6.45) is 1.59. The van der Waals surface area contributed by atoms with Crippen molar-refractivity contribution in [2.45, 2.75) is 46.4 Å². The van der Waals surface area contributed by atoms with Crippen LogP contribution in [-0.4, -0.2) is 31.7 Å². The highest BCUT2D eigenvalue weighted by Gasteiger charge is 2.27. The first-order chi connectivity index (χ1) is 18.5. The summed E-state index contributed by atoms with van der Waals surface area (Å²) in [6.45, 7) is 11.6. The Hall–Kier alpha value is -4.17. The molecule has 0 radical (unpaired) electrons. The minimum atomic E-state index is -3.99. The van der Waals surface area contributed by atoms with Crippen LogP contribution in [0.15, 0.2) is 82.8 Å². The highest BCUT2D eigenvalue weighted by atomic mass is 32.2. The Morgan fingerprint density at radius 2 is 1.38 bits per heavy atom. The molecule has 0 atom stereocenters. The van der Waals surface area contributed by atoms with E-state index in [2.05, 4.69) is 47.1 Å². The van der Waals surface area contributed by atoms with Crippen LogP contribution < -0.4 is 9.73 Å². The topological polar surface area (TPSA) is 83.8 Å². The van der Waals surface area contributed by atoms with Crippen molar-refractivity contribution in [1.82, 2.24) is 9.99 Å². The number of sulfonamides is 1. The highest BCUT2D eigenvalue weighted by Crippen LogP contribution is 2.25. The summed E-state index contributed by atoms with van der Waals surface area (Å²) in [5.41, 5.74) is 11.1. The van der Waals surface area contributed by atoms with Gasteiger partial charge in [-0.25, -0.2) is 13.8 Å². The summed E-state index contributed by atoms with van der Waals surface area (Å²) in [4.78, 5) is 13.0. The number of hydrogen-bond donors (Lipinski definition) is 1. The summed E-state index contributed by atoms with van der Waals surface area (Å²) in [7, 11) is -3.99. The van der Waals surface area contributed by atoms with Crippen molar-refractivity contribution in [1.29, 1.82) is 0 Å². The largest absolute Gasteiger partial charge is 0.318 e. The van der Waals surface area contributed by atoms with Gasteiger partial charge in [0.1, 0.15) is 6.54 Å². The second-order valence-electron chi connectivity index (χ2n) is 9.96. The normalized spacial score (nSPS) is 11.6. The molecule has 0 aliphatic heterocycles. The molecule has 8 heteroatoms. The Morgan fingerprint density at radius 3 is 1.97 bits per heavy atom. The van der Waals surface area contributed by atoms with Crippen molar-refractivity contribution >= 4 is 27.8 Å². The second kappa shape index (κ2) is 11.3. The predicted octanol–water partition coefficient (Wildman–Crippen LogP) is 5.67. The lowest BCUT2D eigenvalue weighted by Gasteiger charge is -2.24. The molecule has 0 spiro atoms. The van der Waals surface area contributed by atoms with Gasteiger partial charge in [0.05, 0.1) is 16.8 Å². The van der Waals surface area contributed by atoms with Crippen LogP contribution in [0.4, 0.5) is 5.69 Å². The SMILES string of the molecule is Cc1ccc(N(CC(=O)N/N=C/c2cc(C)n(-c3cc(C)cc(C)c3)c2C)S(=O)(=O)c2ccc(C)cc2)cc1. The van der Waals surface area contributed by atoms with Crippen molar-refractivity contribution in [3.05, 3.63) is 112 Å². The Morgan fingerprint density at radius 1 is 0.821 bits per heavy atom. The number of carbonyl (C=O) groups excluding carboxylic acids is 1. The van der Waals surface area contributed by atoms with E-state index in [1.165, 1.54) is 11.1 Å². The Balaban J connectivity index is 1.56. The van der Waals surface area contributed by atoms with Crippen LogP contribution in [0.2, 0.25) is 0 Å². The molecule has 1 heterocycles. The van der Waals surface area contributed by atoms with Crippen molar-refractivity contribution in [3.63, 3.8) is 0 Å². The minimum absolute atomic E-state index is 0.115. The lowest BCUT2D eigenvalue weighted by atomic mass is 10.1. The van der Waals surface area contributed by atoms with Crippen LogP contribution in [0.25, 0.3) is 5.69 Å². The number of amides is 1. The summed E-state index contributed by atoms with van der Waals surface area (Å²) >= 11 is 0. The van der Waals surface area contributed by atoms with Gasteiger partial charge in [-0.05, 0) is 95.1 Å². The molecule has 0 aliphatic rings. The van der Waals surface area contributed by atoms with Gasteiger partial charge in [-0.1, -0.05) is 41.5 Å². The maximum absolute atomic E-state index is 13.5. The zero-order valence-corrected chi connectivity index (χ0v) is 24.0. The van der Waals surface area contributed by atoms with Gasteiger partial charge in [0.25, 0.3) is 15.9 Å². The van der Waals surface area contributed by atoms with Crippen LogP contribution in [0.5, 0.6) is 0 Å². The third-order valence-electron chi connectivity index (χ3n) is 6.55. The maximum atomic E-state index is 13.5. The molecule has 1 amide bonds. The number of hydrogen-bond acceptors (Lipinski definition) is 4. The number of aryl methyl sites for hydroxylation is 5. The van der Waals surface area contributed by atoms with E-state index < -0.39 is 22.5 Å². The molecule has 3 aromatic carbocycles. The molecule has 0 bridgehead atoms. The molecule has 0 fully saturated rings. The van der Waals surface area contributed by atoms with Crippen molar-refractivity contribution < 1.29 is 13.2 Å². The lowest BCUT2D eigenvalue weighted by Crippen LogP contribution is -2.39. The first-order valence-electron chi connectivity index (χ1n) is 12.7. The second-order valence-corrected chi connectivity index (χ2v) is 11.8. The van der Waals surface area contributed by atoms with E-state index in [-0.39, 0.29) is 4.90 Å². The van der Waals surface area contributed by atoms with Gasteiger partial charge in [-0.3, -0.25) is 9.10 Å². The monoisotopic (exact) mass is 542 g/mol. The number of anilines is 1. The zero-order valence-electron chi connectivity index (χ0n) is 23.2. The van der Waals surface area contributed by atoms with Gasteiger partial charge in [0, 0.05) is 22.6 Å². The highest BCUT2D eigenvalue weighted by molar-refractivity contribution is 7.92. The fourth-order valence-corrected chi connectivity index (χ4v) is 6.02. The number of nitrogens with one attached hydrogen (secondary N) is 1. The fourth-order valence-electron chi connectivity index (χ4n) is 4.60. The van der Waals surface area contributed by atoms with E-state index in [0.717, 1.165) is 38.1 Å². The molecule has 4 aromatic rings. The molecule has 0 aliphatic carbocycles. The minimum Gasteiger partial charge on any atom is -0.318 e. The molecule has 4 rings (SSSR count). The Bertz CT molecular complexity index is 1610. The van der Waals surface area contributed by atoms with Gasteiger partial charge in [0.15, 0.2) is 0 Å². The summed E-state index contributed by atoms with van der Waals surface area (Å²) in [5, 5.41) is 4.15. The third-order valence-corrected chi connectivity index (χ3v) is 8.33. The van der Waals surface area contributed by atoms with E-state index in [4.69, 9.17) is 0 Å². The first-order valence-corrected chi connectivity index (χ1v) is 14.2. The fraction of sp³-hybridized carbons (Fsp3) is 0.226. The van der Waals surface area contributed by atoms with Gasteiger partial charge in [-0.2, -0.15) is 5.10 Å². The van der Waals surface area contributed by atoms with Gasteiger partial charge in [-0.15, -0.1) is 0 Å². The molecular weight excluding hydrogens is 508 g/mol. The van der Waals surface area contributed by atoms with Crippen molar-refractivity contribution in [2.75, 3.05) is 10.8 Å². The quantitative estimate of drug-likeness (QED) is 0.230. The summed E-state index contributed by atoms with van der Waals surface area (Å²) in [6, 6.07) is 22.0. The first kappa shape index (κ1) is 27.9. The van der Waals surface area contributed by atoms with Crippen LogP contribution in [-0.2, 0) is 14.8 Å². The molecule has 0 saturated carbocycles. The van der Waals surface area contributed by atoms with Gasteiger partial charge < -0.3 is 4.57 Å². The molecule has 7 nitrogen and oxygen atoms in total. The lowest BCUT2D eigenvalue weighted by molar-refractivity contribution is -0.119. The van der Waals surface area contributed by atoms with Gasteiger partial charge >= 0.3 is 0 Å².